The molecule has 1 aromatic heterocycles. The highest BCUT2D eigenvalue weighted by Crippen LogP contribution is 2.22. The van der Waals surface area contributed by atoms with E-state index in [1.165, 1.54) is 41.0 Å². The summed E-state index contributed by atoms with van der Waals surface area (Å²) in [4.78, 5) is 12.9. The van der Waals surface area contributed by atoms with E-state index < -0.39 is 5.82 Å². The summed E-state index contributed by atoms with van der Waals surface area (Å²) in [5, 5.41) is 13.9. The minimum absolute atomic E-state index is 0.0738. The van der Waals surface area contributed by atoms with Crippen molar-refractivity contribution in [3.63, 3.8) is 0 Å². The van der Waals surface area contributed by atoms with E-state index >= 15 is 0 Å². The maximum absolute atomic E-state index is 13.9. The zero-order chi connectivity index (χ0) is 16.9. The molecular weight excluding hydrogens is 353 g/mol. The molecule has 1 heterocycles. The van der Waals surface area contributed by atoms with Crippen molar-refractivity contribution in [1.29, 1.82) is 0 Å². The van der Waals surface area contributed by atoms with Gasteiger partial charge in [-0.2, -0.15) is 0 Å². The predicted molar refractivity (Wildman–Crippen MR) is 89.9 cm³/mol. The Morgan fingerprint density at radius 1 is 1.25 bits per heavy atom. The van der Waals surface area contributed by atoms with Gasteiger partial charge in [-0.05, 0) is 52.9 Å². The third kappa shape index (κ3) is 4.09. The number of benzene rings is 2. The van der Waals surface area contributed by atoms with E-state index in [0.717, 1.165) is 4.90 Å². The zero-order valence-electron chi connectivity index (χ0n) is 12.2. The number of hydrogen-bond donors (Lipinski definition) is 1. The highest BCUT2D eigenvalue weighted by molar-refractivity contribution is 8.00. The average molecular weight is 364 g/mol. The minimum atomic E-state index is -0.531. The van der Waals surface area contributed by atoms with Crippen LogP contribution in [0.1, 0.15) is 0 Å². The molecule has 0 saturated heterocycles. The number of tetrazole rings is 1. The molecule has 0 aliphatic rings. The predicted octanol–water partition coefficient (Wildman–Crippen LogP) is 3.19. The van der Waals surface area contributed by atoms with Gasteiger partial charge in [0.05, 0.1) is 17.1 Å². The molecule has 3 rings (SSSR count). The second kappa shape index (κ2) is 7.41. The average Bonchev–Trinajstić information content (AvgIpc) is 3.11. The highest BCUT2D eigenvalue weighted by atomic mass is 35.5. The Morgan fingerprint density at radius 2 is 2.04 bits per heavy atom. The van der Waals surface area contributed by atoms with Crippen molar-refractivity contribution in [3.05, 3.63) is 59.6 Å². The number of carbonyl (C=O) groups excluding carboxylic acids is 1. The Morgan fingerprint density at radius 3 is 2.75 bits per heavy atom. The second-order valence-corrected chi connectivity index (χ2v) is 6.19. The van der Waals surface area contributed by atoms with E-state index in [-0.39, 0.29) is 17.3 Å². The number of thioether (sulfide) groups is 1. The molecule has 0 fully saturated rings. The van der Waals surface area contributed by atoms with Gasteiger partial charge in [-0.25, -0.2) is 9.07 Å². The van der Waals surface area contributed by atoms with Crippen molar-refractivity contribution in [1.82, 2.24) is 20.2 Å². The van der Waals surface area contributed by atoms with Crippen LogP contribution in [0.15, 0.2) is 53.7 Å². The molecule has 0 saturated carbocycles. The van der Waals surface area contributed by atoms with Crippen LogP contribution in [0.5, 0.6) is 0 Å². The number of carbonyl (C=O) groups is 1. The highest BCUT2D eigenvalue weighted by Gasteiger charge is 2.10. The number of aromatic nitrogens is 4. The van der Waals surface area contributed by atoms with Gasteiger partial charge >= 0.3 is 0 Å². The molecule has 0 atom stereocenters. The largest absolute Gasteiger partial charge is 0.323 e. The number of nitrogens with zero attached hydrogens (tertiary/aromatic N) is 4. The van der Waals surface area contributed by atoms with Crippen LogP contribution in [0.3, 0.4) is 0 Å². The Balaban J connectivity index is 1.65. The SMILES string of the molecule is O=C(CSc1ccc(Cl)cc1)Nc1cc(-n2cnnn2)ccc1F. The summed E-state index contributed by atoms with van der Waals surface area (Å²) in [6.45, 7) is 0. The topological polar surface area (TPSA) is 72.7 Å². The van der Waals surface area contributed by atoms with E-state index in [1.807, 2.05) is 12.1 Å². The summed E-state index contributed by atoms with van der Waals surface area (Å²) in [5.41, 5.74) is 0.617. The number of nitrogens with one attached hydrogen (secondary N) is 1. The molecule has 9 heteroatoms. The minimum Gasteiger partial charge on any atom is -0.323 e. The van der Waals surface area contributed by atoms with Crippen LogP contribution in [0.25, 0.3) is 5.69 Å². The molecule has 0 aliphatic carbocycles. The lowest BCUT2D eigenvalue weighted by Gasteiger charge is -2.08. The van der Waals surface area contributed by atoms with Gasteiger partial charge in [0.1, 0.15) is 12.1 Å². The van der Waals surface area contributed by atoms with Crippen LogP contribution in [-0.2, 0) is 4.79 Å². The van der Waals surface area contributed by atoms with Gasteiger partial charge in [0.2, 0.25) is 5.91 Å². The first-order valence-corrected chi connectivity index (χ1v) is 8.19. The number of hydrogen-bond acceptors (Lipinski definition) is 5. The number of rotatable bonds is 5. The van der Waals surface area contributed by atoms with Crippen LogP contribution in [0, 0.1) is 5.82 Å². The van der Waals surface area contributed by atoms with Crippen molar-refractivity contribution in [2.75, 3.05) is 11.1 Å². The zero-order valence-corrected chi connectivity index (χ0v) is 13.8. The molecule has 1 N–H and O–H groups in total. The van der Waals surface area contributed by atoms with Crippen LogP contribution in [-0.4, -0.2) is 31.9 Å². The first kappa shape index (κ1) is 16.4. The Bertz CT molecular complexity index is 842. The molecule has 0 unspecified atom stereocenters. The Hall–Kier alpha value is -2.45. The molecule has 122 valence electrons. The van der Waals surface area contributed by atoms with Gasteiger partial charge in [-0.15, -0.1) is 16.9 Å². The maximum Gasteiger partial charge on any atom is 0.234 e. The summed E-state index contributed by atoms with van der Waals surface area (Å²) in [7, 11) is 0. The van der Waals surface area contributed by atoms with Crippen LogP contribution >= 0.6 is 23.4 Å². The van der Waals surface area contributed by atoms with Gasteiger partial charge in [0, 0.05) is 9.92 Å². The second-order valence-electron chi connectivity index (χ2n) is 4.71. The lowest BCUT2D eigenvalue weighted by molar-refractivity contribution is -0.113. The summed E-state index contributed by atoms with van der Waals surface area (Å²) in [5.74, 6) is -0.699. The summed E-state index contributed by atoms with van der Waals surface area (Å²) in [6, 6.07) is 11.4. The van der Waals surface area contributed by atoms with Gasteiger partial charge in [-0.3, -0.25) is 4.79 Å². The first-order valence-electron chi connectivity index (χ1n) is 6.83. The fourth-order valence-electron chi connectivity index (χ4n) is 1.90. The van der Waals surface area contributed by atoms with Crippen molar-refractivity contribution in [2.24, 2.45) is 0 Å². The van der Waals surface area contributed by atoms with Crippen LogP contribution in [0.2, 0.25) is 5.02 Å². The lowest BCUT2D eigenvalue weighted by atomic mass is 10.2. The molecule has 0 radical (unpaired) electrons. The number of halogens is 2. The van der Waals surface area contributed by atoms with E-state index in [4.69, 9.17) is 11.6 Å². The summed E-state index contributed by atoms with van der Waals surface area (Å²) < 4.78 is 15.3. The summed E-state index contributed by atoms with van der Waals surface area (Å²) in [6.07, 6.45) is 1.38. The smallest absolute Gasteiger partial charge is 0.234 e. The monoisotopic (exact) mass is 363 g/mol. The Labute approximate surface area is 146 Å². The van der Waals surface area contributed by atoms with E-state index in [0.29, 0.717) is 10.7 Å². The van der Waals surface area contributed by atoms with E-state index in [1.54, 1.807) is 12.1 Å². The number of amides is 1. The molecule has 0 aliphatic heterocycles. The maximum atomic E-state index is 13.9. The fraction of sp³-hybridized carbons (Fsp3) is 0.0667. The van der Waals surface area contributed by atoms with Crippen LogP contribution in [0.4, 0.5) is 10.1 Å². The van der Waals surface area contributed by atoms with Crippen molar-refractivity contribution < 1.29 is 9.18 Å². The normalized spacial score (nSPS) is 10.6. The summed E-state index contributed by atoms with van der Waals surface area (Å²) >= 11 is 7.14. The van der Waals surface area contributed by atoms with E-state index in [2.05, 4.69) is 20.8 Å². The van der Waals surface area contributed by atoms with Crippen molar-refractivity contribution in [2.45, 2.75) is 4.90 Å². The van der Waals surface area contributed by atoms with Crippen molar-refractivity contribution >= 4 is 35.0 Å². The first-order chi connectivity index (χ1) is 11.6. The fourth-order valence-corrected chi connectivity index (χ4v) is 2.72. The molecule has 2 aromatic carbocycles. The molecule has 3 aromatic rings. The van der Waals surface area contributed by atoms with Gasteiger partial charge in [0.15, 0.2) is 0 Å². The van der Waals surface area contributed by atoms with E-state index in [9.17, 15) is 9.18 Å². The third-order valence-corrected chi connectivity index (χ3v) is 4.29. The lowest BCUT2D eigenvalue weighted by Crippen LogP contribution is -2.15. The van der Waals surface area contributed by atoms with Crippen molar-refractivity contribution in [3.8, 4) is 5.69 Å². The molecule has 24 heavy (non-hydrogen) atoms. The third-order valence-electron chi connectivity index (χ3n) is 3.02. The number of anilines is 1. The molecule has 1 amide bonds. The molecule has 0 spiro atoms. The van der Waals surface area contributed by atoms with Gasteiger partial charge in [0.25, 0.3) is 0 Å². The Kier molecular flexibility index (Phi) is 5.07. The van der Waals surface area contributed by atoms with Gasteiger partial charge in [-0.1, -0.05) is 11.6 Å². The molecular formula is C15H11ClFN5OS. The quantitative estimate of drug-likeness (QED) is 0.705. The standard InChI is InChI=1S/C15H11ClFN5OS/c16-10-1-4-12(5-2-10)24-8-15(23)19-14-7-11(3-6-13(14)17)22-9-18-20-21-22/h1-7,9H,8H2,(H,19,23). The van der Waals surface area contributed by atoms with Gasteiger partial charge < -0.3 is 5.32 Å². The molecule has 6 nitrogen and oxygen atoms in total. The molecule has 0 bridgehead atoms. The van der Waals surface area contributed by atoms with Crippen LogP contribution < -0.4 is 5.32 Å².